The minimum atomic E-state index is -0.372. The van der Waals surface area contributed by atoms with E-state index in [1.54, 1.807) is 14.2 Å². The molecule has 0 bridgehead atoms. The molecule has 0 atom stereocenters. The van der Waals surface area contributed by atoms with Gasteiger partial charge in [0, 0.05) is 34.0 Å². The van der Waals surface area contributed by atoms with Crippen molar-refractivity contribution in [1.29, 1.82) is 0 Å². The quantitative estimate of drug-likeness (QED) is 0.388. The predicted molar refractivity (Wildman–Crippen MR) is 62.0 cm³/mol. The SMILES string of the molecule is COC(C)(OC)[Si]CCCN1CCNC1. The molecule has 0 unspecified atom stereocenters. The van der Waals surface area contributed by atoms with E-state index in [2.05, 4.69) is 10.2 Å². The molecular weight excluding hydrogens is 208 g/mol. The lowest BCUT2D eigenvalue weighted by atomic mass is 10.4. The van der Waals surface area contributed by atoms with Gasteiger partial charge in [-0.3, -0.25) is 4.90 Å². The van der Waals surface area contributed by atoms with Gasteiger partial charge in [-0.2, -0.15) is 0 Å². The van der Waals surface area contributed by atoms with E-state index in [-0.39, 0.29) is 5.41 Å². The molecular formula is C10H22N2O2Si. The van der Waals surface area contributed by atoms with Gasteiger partial charge in [0.2, 0.25) is 0 Å². The Morgan fingerprint density at radius 3 is 2.67 bits per heavy atom. The minimum Gasteiger partial charge on any atom is -0.358 e. The van der Waals surface area contributed by atoms with Crippen LogP contribution in [-0.4, -0.2) is 60.4 Å². The highest BCUT2D eigenvalue weighted by atomic mass is 28.2. The Morgan fingerprint density at radius 2 is 2.13 bits per heavy atom. The lowest BCUT2D eigenvalue weighted by molar-refractivity contribution is -0.130. The Bertz CT molecular complexity index is 171. The molecule has 0 saturated carbocycles. The highest BCUT2D eigenvalue weighted by Crippen LogP contribution is 2.11. The van der Waals surface area contributed by atoms with Crippen LogP contribution < -0.4 is 5.32 Å². The molecule has 1 aliphatic heterocycles. The molecule has 4 nitrogen and oxygen atoms in total. The third-order valence-electron chi connectivity index (χ3n) is 2.82. The maximum atomic E-state index is 5.32. The number of hydrogen-bond donors (Lipinski definition) is 1. The van der Waals surface area contributed by atoms with E-state index in [1.807, 2.05) is 6.92 Å². The molecule has 1 fully saturated rings. The second-order valence-corrected chi connectivity index (χ2v) is 5.67. The van der Waals surface area contributed by atoms with Crippen LogP contribution in [0.15, 0.2) is 0 Å². The van der Waals surface area contributed by atoms with Gasteiger partial charge in [0.05, 0.1) is 0 Å². The first-order valence-electron chi connectivity index (χ1n) is 5.48. The standard InChI is InChI=1S/C10H22N2O2Si/c1-10(13-2,14-3)15-8-4-6-12-7-5-11-9-12/h11H,4-9H2,1-3H3. The number of hydrogen-bond acceptors (Lipinski definition) is 4. The average molecular weight is 230 g/mol. The first-order chi connectivity index (χ1) is 7.20. The molecule has 88 valence electrons. The molecule has 0 aromatic carbocycles. The number of nitrogens with one attached hydrogen (secondary N) is 1. The maximum Gasteiger partial charge on any atom is 0.143 e. The van der Waals surface area contributed by atoms with Gasteiger partial charge in [0.25, 0.3) is 0 Å². The zero-order valence-corrected chi connectivity index (χ0v) is 11.0. The second kappa shape index (κ2) is 6.60. The number of methoxy groups -OCH3 is 2. The largest absolute Gasteiger partial charge is 0.358 e. The van der Waals surface area contributed by atoms with Crippen molar-refractivity contribution in [1.82, 2.24) is 10.2 Å². The van der Waals surface area contributed by atoms with Gasteiger partial charge in [0.15, 0.2) is 0 Å². The Hall–Kier alpha value is 0.0569. The first-order valence-corrected chi connectivity index (χ1v) is 6.69. The molecule has 0 aliphatic carbocycles. The third kappa shape index (κ3) is 4.61. The summed E-state index contributed by atoms with van der Waals surface area (Å²) in [4.78, 5) is 2.45. The monoisotopic (exact) mass is 230 g/mol. The van der Waals surface area contributed by atoms with Crippen molar-refractivity contribution < 1.29 is 9.47 Å². The fraction of sp³-hybridized carbons (Fsp3) is 1.00. The molecule has 0 aromatic heterocycles. The Labute approximate surface area is 95.1 Å². The van der Waals surface area contributed by atoms with Crippen LogP contribution >= 0.6 is 0 Å². The molecule has 5 heteroatoms. The van der Waals surface area contributed by atoms with Gasteiger partial charge >= 0.3 is 0 Å². The van der Waals surface area contributed by atoms with Gasteiger partial charge in [-0.25, -0.2) is 0 Å². The highest BCUT2D eigenvalue weighted by Gasteiger charge is 2.22. The van der Waals surface area contributed by atoms with E-state index in [4.69, 9.17) is 9.47 Å². The molecule has 15 heavy (non-hydrogen) atoms. The van der Waals surface area contributed by atoms with Crippen LogP contribution in [0.4, 0.5) is 0 Å². The number of nitrogens with zero attached hydrogens (tertiary/aromatic N) is 1. The molecule has 0 amide bonds. The van der Waals surface area contributed by atoms with Gasteiger partial charge < -0.3 is 14.8 Å². The molecule has 1 rings (SSSR count). The maximum absolute atomic E-state index is 5.32. The fourth-order valence-corrected chi connectivity index (χ4v) is 2.67. The summed E-state index contributed by atoms with van der Waals surface area (Å²) in [5.41, 5.74) is -0.372. The smallest absolute Gasteiger partial charge is 0.143 e. The first kappa shape index (κ1) is 13.1. The summed E-state index contributed by atoms with van der Waals surface area (Å²) < 4.78 is 10.6. The van der Waals surface area contributed by atoms with Crippen LogP contribution in [0.25, 0.3) is 0 Å². The molecule has 1 aliphatic rings. The van der Waals surface area contributed by atoms with Gasteiger partial charge in [-0.05, 0) is 19.9 Å². The summed E-state index contributed by atoms with van der Waals surface area (Å²) in [6.45, 7) is 6.56. The van der Waals surface area contributed by atoms with Gasteiger partial charge in [0.1, 0.15) is 14.9 Å². The topological polar surface area (TPSA) is 33.7 Å². The Morgan fingerprint density at radius 1 is 1.40 bits per heavy atom. The van der Waals surface area contributed by atoms with Crippen LogP contribution in [0.5, 0.6) is 0 Å². The average Bonchev–Trinajstić information content (AvgIpc) is 2.77. The number of rotatable bonds is 7. The zero-order chi connectivity index (χ0) is 11.1. The van der Waals surface area contributed by atoms with Crippen molar-refractivity contribution >= 4 is 9.52 Å². The van der Waals surface area contributed by atoms with E-state index in [9.17, 15) is 0 Å². The molecule has 1 heterocycles. The van der Waals surface area contributed by atoms with Crippen LogP contribution in [0, 0.1) is 0 Å². The molecule has 1 saturated heterocycles. The lowest BCUT2D eigenvalue weighted by Gasteiger charge is -2.26. The lowest BCUT2D eigenvalue weighted by Crippen LogP contribution is -2.37. The van der Waals surface area contributed by atoms with Crippen molar-refractivity contribution in [3.8, 4) is 0 Å². The van der Waals surface area contributed by atoms with E-state index >= 15 is 0 Å². The van der Waals surface area contributed by atoms with Crippen molar-refractivity contribution in [2.24, 2.45) is 0 Å². The summed E-state index contributed by atoms with van der Waals surface area (Å²) in [5, 5.41) is 3.33. The van der Waals surface area contributed by atoms with Gasteiger partial charge in [-0.15, -0.1) is 0 Å². The Balaban J connectivity index is 2.04. The van der Waals surface area contributed by atoms with E-state index in [1.165, 1.54) is 25.6 Å². The van der Waals surface area contributed by atoms with Crippen molar-refractivity contribution in [2.45, 2.75) is 24.8 Å². The summed E-state index contributed by atoms with van der Waals surface area (Å²) in [6.07, 6.45) is 1.22. The number of ether oxygens (including phenoxy) is 2. The van der Waals surface area contributed by atoms with Gasteiger partial charge in [-0.1, -0.05) is 6.04 Å². The van der Waals surface area contributed by atoms with Crippen LogP contribution in [-0.2, 0) is 9.47 Å². The molecule has 2 radical (unpaired) electrons. The molecule has 0 spiro atoms. The summed E-state index contributed by atoms with van der Waals surface area (Å²) in [6, 6.07) is 1.18. The molecule has 0 aromatic rings. The minimum absolute atomic E-state index is 0.372. The van der Waals surface area contributed by atoms with Crippen molar-refractivity contribution in [3.05, 3.63) is 0 Å². The summed E-state index contributed by atoms with van der Waals surface area (Å²) in [7, 11) is 4.13. The van der Waals surface area contributed by atoms with Crippen LogP contribution in [0.2, 0.25) is 6.04 Å². The third-order valence-corrected chi connectivity index (χ3v) is 4.47. The van der Waals surface area contributed by atoms with Crippen molar-refractivity contribution in [2.75, 3.05) is 40.5 Å². The van der Waals surface area contributed by atoms with E-state index in [0.29, 0.717) is 9.52 Å². The van der Waals surface area contributed by atoms with Crippen molar-refractivity contribution in [3.63, 3.8) is 0 Å². The van der Waals surface area contributed by atoms with E-state index < -0.39 is 0 Å². The highest BCUT2D eigenvalue weighted by molar-refractivity contribution is 6.38. The zero-order valence-electron chi connectivity index (χ0n) is 10.0. The van der Waals surface area contributed by atoms with Crippen LogP contribution in [0.3, 0.4) is 0 Å². The second-order valence-electron chi connectivity index (χ2n) is 3.91. The van der Waals surface area contributed by atoms with Crippen LogP contribution in [0.1, 0.15) is 13.3 Å². The van der Waals surface area contributed by atoms with E-state index in [0.717, 1.165) is 13.2 Å². The fourth-order valence-electron chi connectivity index (χ4n) is 1.59. The summed E-state index contributed by atoms with van der Waals surface area (Å²) in [5.74, 6) is 0. The summed E-state index contributed by atoms with van der Waals surface area (Å²) >= 11 is 0. The predicted octanol–water partition coefficient (Wildman–Crippen LogP) is 0.328. The Kier molecular flexibility index (Phi) is 5.77. The normalized spacial score (nSPS) is 18.6. The molecule has 1 N–H and O–H groups in total.